The first-order valence-corrected chi connectivity index (χ1v) is 9.33. The van der Waals surface area contributed by atoms with Gasteiger partial charge >= 0.3 is 0 Å². The van der Waals surface area contributed by atoms with Crippen molar-refractivity contribution < 1.29 is 19.2 Å². The molecule has 4 unspecified atom stereocenters. The molecule has 4 rings (SSSR count). The van der Waals surface area contributed by atoms with E-state index in [2.05, 4.69) is 0 Å². The van der Waals surface area contributed by atoms with Crippen molar-refractivity contribution in [3.8, 4) is 0 Å². The molecule has 2 fully saturated rings. The van der Waals surface area contributed by atoms with E-state index in [9.17, 15) is 19.2 Å². The molecule has 0 spiro atoms. The largest absolute Gasteiger partial charge is 0.368 e. The summed E-state index contributed by atoms with van der Waals surface area (Å²) in [4.78, 5) is 53.9. The highest BCUT2D eigenvalue weighted by Crippen LogP contribution is 2.50. The fourth-order valence-electron chi connectivity index (χ4n) is 4.16. The van der Waals surface area contributed by atoms with E-state index in [4.69, 9.17) is 5.73 Å². The lowest BCUT2D eigenvalue weighted by atomic mass is 9.86. The van der Waals surface area contributed by atoms with Crippen LogP contribution in [0.15, 0.2) is 47.8 Å². The van der Waals surface area contributed by atoms with Crippen LogP contribution in [0, 0.1) is 11.8 Å². The van der Waals surface area contributed by atoms with Crippen LogP contribution in [0.4, 0.5) is 0 Å². The van der Waals surface area contributed by atoms with E-state index in [1.807, 2.05) is 6.07 Å². The number of imide groups is 1. The van der Waals surface area contributed by atoms with E-state index >= 15 is 0 Å². The van der Waals surface area contributed by atoms with Crippen LogP contribution in [-0.4, -0.2) is 46.5 Å². The first-order chi connectivity index (χ1) is 12.9. The molecule has 4 atom stereocenters. The molecule has 4 amide bonds. The minimum absolute atomic E-state index is 0.397. The van der Waals surface area contributed by atoms with Crippen LogP contribution < -0.4 is 5.73 Å². The summed E-state index contributed by atoms with van der Waals surface area (Å²) in [6, 6.07) is 10.5. The third-order valence-electron chi connectivity index (χ3n) is 5.30. The van der Waals surface area contributed by atoms with Gasteiger partial charge in [-0.2, -0.15) is 0 Å². The standard InChI is InChI=1S/C19H17N3O4S/c1-21-18(25)12-13(19(21)26)15(16(20)23)22(17(24)11-8-5-9-27-11)14(12)10-6-3-2-4-7-10/h2-9,12-15H,1H3,(H2,20,23). The van der Waals surface area contributed by atoms with E-state index in [0.717, 1.165) is 4.90 Å². The predicted molar refractivity (Wildman–Crippen MR) is 97.4 cm³/mol. The smallest absolute Gasteiger partial charge is 0.265 e. The lowest BCUT2D eigenvalue weighted by Crippen LogP contribution is -2.50. The number of thiophene rings is 1. The molecule has 2 aromatic rings. The van der Waals surface area contributed by atoms with Gasteiger partial charge in [0.2, 0.25) is 17.7 Å². The van der Waals surface area contributed by atoms with Crippen LogP contribution in [0.5, 0.6) is 0 Å². The fourth-order valence-corrected chi connectivity index (χ4v) is 4.82. The Bertz CT molecular complexity index is 928. The lowest BCUT2D eigenvalue weighted by Gasteiger charge is -2.31. The summed E-state index contributed by atoms with van der Waals surface area (Å²) in [5.74, 6) is -3.85. The number of hydrogen-bond acceptors (Lipinski definition) is 5. The molecule has 1 aromatic carbocycles. The number of rotatable bonds is 3. The van der Waals surface area contributed by atoms with E-state index in [1.165, 1.54) is 23.3 Å². The number of hydrogen-bond donors (Lipinski definition) is 1. The average molecular weight is 383 g/mol. The molecule has 2 aliphatic rings. The summed E-state index contributed by atoms with van der Waals surface area (Å²) in [5.41, 5.74) is 6.31. The maximum absolute atomic E-state index is 13.2. The van der Waals surface area contributed by atoms with Gasteiger partial charge in [0.05, 0.1) is 22.8 Å². The van der Waals surface area contributed by atoms with Gasteiger partial charge in [-0.25, -0.2) is 0 Å². The first kappa shape index (κ1) is 17.4. The van der Waals surface area contributed by atoms with Crippen LogP contribution in [0.3, 0.4) is 0 Å². The molecule has 2 N–H and O–H groups in total. The number of likely N-dealkylation sites (tertiary alicyclic amines) is 2. The molecule has 7 nitrogen and oxygen atoms in total. The zero-order valence-electron chi connectivity index (χ0n) is 14.4. The van der Waals surface area contributed by atoms with Gasteiger partial charge in [-0.15, -0.1) is 11.3 Å². The Labute approximate surface area is 159 Å². The maximum Gasteiger partial charge on any atom is 0.265 e. The summed E-state index contributed by atoms with van der Waals surface area (Å²) < 4.78 is 0. The summed E-state index contributed by atoms with van der Waals surface area (Å²) >= 11 is 1.24. The number of nitrogens with two attached hydrogens (primary N) is 1. The van der Waals surface area contributed by atoms with Gasteiger partial charge in [0.1, 0.15) is 6.04 Å². The number of amides is 4. The van der Waals surface area contributed by atoms with Gasteiger partial charge in [-0.05, 0) is 17.0 Å². The number of primary amides is 1. The van der Waals surface area contributed by atoms with Crippen molar-refractivity contribution in [3.05, 3.63) is 58.3 Å². The van der Waals surface area contributed by atoms with Crippen molar-refractivity contribution in [1.29, 1.82) is 0 Å². The van der Waals surface area contributed by atoms with Crippen LogP contribution in [0.2, 0.25) is 0 Å². The average Bonchev–Trinajstić information content (AvgIpc) is 3.36. The zero-order valence-corrected chi connectivity index (χ0v) is 15.3. The molecule has 3 heterocycles. The topological polar surface area (TPSA) is 101 Å². The van der Waals surface area contributed by atoms with Crippen LogP contribution in [-0.2, 0) is 14.4 Å². The van der Waals surface area contributed by atoms with E-state index in [-0.39, 0.29) is 0 Å². The maximum atomic E-state index is 13.2. The van der Waals surface area contributed by atoms with Crippen molar-refractivity contribution in [2.75, 3.05) is 7.05 Å². The Hall–Kier alpha value is -3.00. The zero-order chi connectivity index (χ0) is 19.3. The predicted octanol–water partition coefficient (Wildman–Crippen LogP) is 1.03. The number of benzene rings is 1. The van der Waals surface area contributed by atoms with Crippen LogP contribution in [0.25, 0.3) is 0 Å². The molecular weight excluding hydrogens is 366 g/mol. The molecule has 2 aliphatic heterocycles. The molecule has 1 aromatic heterocycles. The number of carbonyl (C=O) groups is 4. The number of fused-ring (bicyclic) bond motifs is 1. The normalized spacial score (nSPS) is 27.1. The third kappa shape index (κ3) is 2.48. The number of carbonyl (C=O) groups excluding carboxylic acids is 4. The second kappa shape index (κ2) is 6.31. The second-order valence-electron chi connectivity index (χ2n) is 6.68. The Kier molecular flexibility index (Phi) is 4.07. The highest BCUT2D eigenvalue weighted by molar-refractivity contribution is 7.12. The van der Waals surface area contributed by atoms with Crippen molar-refractivity contribution in [1.82, 2.24) is 9.80 Å². The van der Waals surface area contributed by atoms with Crippen molar-refractivity contribution in [2.24, 2.45) is 17.6 Å². The van der Waals surface area contributed by atoms with E-state index < -0.39 is 47.5 Å². The Morgan fingerprint density at radius 2 is 1.67 bits per heavy atom. The van der Waals surface area contributed by atoms with Gasteiger partial charge in [-0.1, -0.05) is 36.4 Å². The van der Waals surface area contributed by atoms with E-state index in [1.54, 1.807) is 41.8 Å². The third-order valence-corrected chi connectivity index (χ3v) is 6.15. The minimum Gasteiger partial charge on any atom is -0.368 e. The Balaban J connectivity index is 1.90. The molecule has 0 radical (unpaired) electrons. The van der Waals surface area contributed by atoms with Crippen molar-refractivity contribution in [2.45, 2.75) is 12.1 Å². The summed E-state index contributed by atoms with van der Waals surface area (Å²) in [7, 11) is 1.40. The van der Waals surface area contributed by atoms with Crippen molar-refractivity contribution >= 4 is 35.0 Å². The minimum atomic E-state index is -1.17. The molecular formula is C19H17N3O4S. The van der Waals surface area contributed by atoms with Gasteiger partial charge in [0, 0.05) is 7.05 Å². The highest BCUT2D eigenvalue weighted by atomic mass is 32.1. The molecule has 0 bridgehead atoms. The molecule has 27 heavy (non-hydrogen) atoms. The van der Waals surface area contributed by atoms with E-state index in [0.29, 0.717) is 10.4 Å². The lowest BCUT2D eigenvalue weighted by molar-refractivity contribution is -0.141. The molecule has 8 heteroatoms. The summed E-state index contributed by atoms with van der Waals surface area (Å²) in [6.45, 7) is 0. The first-order valence-electron chi connectivity index (χ1n) is 8.45. The monoisotopic (exact) mass is 383 g/mol. The second-order valence-corrected chi connectivity index (χ2v) is 7.63. The Morgan fingerprint density at radius 3 is 2.26 bits per heavy atom. The van der Waals surface area contributed by atoms with Gasteiger partial charge < -0.3 is 10.6 Å². The number of nitrogens with zero attached hydrogens (tertiary/aromatic N) is 2. The summed E-state index contributed by atoms with van der Waals surface area (Å²) in [6.07, 6.45) is 0. The molecule has 0 saturated carbocycles. The van der Waals surface area contributed by atoms with Crippen LogP contribution in [0.1, 0.15) is 21.3 Å². The Morgan fingerprint density at radius 1 is 1.00 bits per heavy atom. The van der Waals surface area contributed by atoms with Crippen molar-refractivity contribution in [3.63, 3.8) is 0 Å². The SMILES string of the molecule is CN1C(=O)C2C(C1=O)C(c1ccccc1)N(C(=O)c1cccs1)C2C(N)=O. The quantitative estimate of drug-likeness (QED) is 0.800. The highest BCUT2D eigenvalue weighted by Gasteiger charge is 2.64. The summed E-state index contributed by atoms with van der Waals surface area (Å²) in [5, 5.41) is 1.75. The van der Waals surface area contributed by atoms with Crippen LogP contribution >= 0.6 is 11.3 Å². The van der Waals surface area contributed by atoms with Gasteiger partial charge in [0.25, 0.3) is 5.91 Å². The molecule has 2 saturated heterocycles. The van der Waals surface area contributed by atoms with Gasteiger partial charge in [0.15, 0.2) is 0 Å². The molecule has 138 valence electrons. The molecule has 0 aliphatic carbocycles. The fraction of sp³-hybridized carbons (Fsp3) is 0.263. The van der Waals surface area contributed by atoms with Gasteiger partial charge in [-0.3, -0.25) is 24.1 Å².